The summed E-state index contributed by atoms with van der Waals surface area (Å²) in [5.74, 6) is 0.297. The summed E-state index contributed by atoms with van der Waals surface area (Å²) in [6.07, 6.45) is 2.31. The van der Waals surface area contributed by atoms with E-state index in [2.05, 4.69) is 0 Å². The van der Waals surface area contributed by atoms with Crippen molar-refractivity contribution < 1.29 is 15.0 Å². The summed E-state index contributed by atoms with van der Waals surface area (Å²) in [6, 6.07) is 7.59. The van der Waals surface area contributed by atoms with Crippen molar-refractivity contribution in [1.82, 2.24) is 4.98 Å². The number of carboxylic acid groups (broad SMARTS) is 1. The van der Waals surface area contributed by atoms with Crippen LogP contribution in [0.2, 0.25) is 5.02 Å². The van der Waals surface area contributed by atoms with E-state index in [4.69, 9.17) is 16.6 Å². The minimum absolute atomic E-state index is 0.297. The third-order valence-corrected chi connectivity index (χ3v) is 6.08. The fourth-order valence-corrected chi connectivity index (χ4v) is 4.29. The lowest BCUT2D eigenvalue weighted by atomic mass is 9.73. The minimum Gasteiger partial charge on any atom is -0.481 e. The lowest BCUT2D eigenvalue weighted by molar-refractivity contribution is -0.158. The van der Waals surface area contributed by atoms with E-state index in [1.807, 2.05) is 36.1 Å². The zero-order valence-electron chi connectivity index (χ0n) is 14.8. The van der Waals surface area contributed by atoms with Crippen LogP contribution in [0.4, 0.5) is 5.82 Å². The number of anilines is 1. The summed E-state index contributed by atoms with van der Waals surface area (Å²) < 4.78 is 0. The van der Waals surface area contributed by atoms with E-state index in [0.29, 0.717) is 36.9 Å². The molecule has 2 heterocycles. The van der Waals surface area contributed by atoms with Crippen LogP contribution in [0.3, 0.4) is 0 Å². The van der Waals surface area contributed by atoms with Gasteiger partial charge in [-0.15, -0.1) is 0 Å². The van der Waals surface area contributed by atoms with Crippen LogP contribution < -0.4 is 4.90 Å². The van der Waals surface area contributed by atoms with Crippen LogP contribution >= 0.6 is 11.6 Å². The van der Waals surface area contributed by atoms with Crippen molar-refractivity contribution in [3.63, 3.8) is 0 Å². The molecule has 138 valence electrons. The zero-order valence-corrected chi connectivity index (χ0v) is 15.5. The second-order valence-corrected chi connectivity index (χ2v) is 8.23. The number of hydrogen-bond acceptors (Lipinski definition) is 4. The maximum absolute atomic E-state index is 12.1. The van der Waals surface area contributed by atoms with Crippen LogP contribution in [0.15, 0.2) is 24.3 Å². The topological polar surface area (TPSA) is 73.7 Å². The first kappa shape index (κ1) is 17.6. The molecule has 26 heavy (non-hydrogen) atoms. The number of pyridine rings is 1. The normalized spacial score (nSPS) is 26.3. The van der Waals surface area contributed by atoms with Crippen molar-refractivity contribution in [2.75, 3.05) is 18.0 Å². The van der Waals surface area contributed by atoms with Crippen molar-refractivity contribution in [1.29, 1.82) is 0 Å². The van der Waals surface area contributed by atoms with Gasteiger partial charge in [0.05, 0.1) is 11.6 Å². The highest BCUT2D eigenvalue weighted by atomic mass is 35.5. The standard InChI is InChI=1S/C20H23ClN2O3/c1-12-8-18(22-16-5-4-14(21)9-15(12)16)23-7-6-17(24)20(11-23,19(25)26)10-13-2-3-13/h4-5,8-9,13,17,24H,2-3,6-7,10-11H2,1H3,(H,25,26)/t17-,20-/m0/s1. The molecule has 1 aliphatic carbocycles. The molecule has 2 N–H and O–H groups in total. The van der Waals surface area contributed by atoms with E-state index in [9.17, 15) is 15.0 Å². The van der Waals surface area contributed by atoms with Crippen LogP contribution in [0.5, 0.6) is 0 Å². The molecule has 4 rings (SSSR count). The largest absolute Gasteiger partial charge is 0.481 e. The average Bonchev–Trinajstić information content (AvgIpc) is 3.41. The number of nitrogens with zero attached hydrogens (tertiary/aromatic N) is 2. The lowest BCUT2D eigenvalue weighted by Crippen LogP contribution is -2.56. The molecule has 1 saturated carbocycles. The smallest absolute Gasteiger partial charge is 0.314 e. The summed E-state index contributed by atoms with van der Waals surface area (Å²) in [4.78, 5) is 18.9. The number of rotatable bonds is 4. The van der Waals surface area contributed by atoms with Gasteiger partial charge < -0.3 is 15.1 Å². The minimum atomic E-state index is -1.11. The molecular weight excluding hydrogens is 352 g/mol. The Balaban J connectivity index is 1.70. The highest BCUT2D eigenvalue weighted by molar-refractivity contribution is 6.31. The second kappa shape index (κ2) is 6.39. The molecule has 2 aliphatic rings. The fraction of sp³-hybridized carbons (Fsp3) is 0.500. The lowest BCUT2D eigenvalue weighted by Gasteiger charge is -2.44. The van der Waals surface area contributed by atoms with Gasteiger partial charge in [-0.05, 0) is 55.5 Å². The maximum atomic E-state index is 12.1. The number of carbonyl (C=O) groups is 1. The maximum Gasteiger partial charge on any atom is 0.314 e. The number of hydrogen-bond donors (Lipinski definition) is 2. The van der Waals surface area contributed by atoms with Gasteiger partial charge in [0.15, 0.2) is 0 Å². The monoisotopic (exact) mass is 374 g/mol. The molecule has 5 nitrogen and oxygen atoms in total. The predicted octanol–water partition coefficient (Wildman–Crippen LogP) is 3.64. The number of aromatic nitrogens is 1. The van der Waals surface area contributed by atoms with Crippen molar-refractivity contribution >= 4 is 34.3 Å². The molecule has 2 fully saturated rings. The summed E-state index contributed by atoms with van der Waals surface area (Å²) in [6.45, 7) is 2.91. The number of benzene rings is 1. The third kappa shape index (κ3) is 3.03. The molecular formula is C20H23ClN2O3. The zero-order chi connectivity index (χ0) is 18.5. The molecule has 1 saturated heterocycles. The predicted molar refractivity (Wildman–Crippen MR) is 102 cm³/mol. The van der Waals surface area contributed by atoms with Gasteiger partial charge in [-0.3, -0.25) is 4.79 Å². The Kier molecular flexibility index (Phi) is 4.32. The first-order valence-electron chi connectivity index (χ1n) is 9.12. The van der Waals surface area contributed by atoms with E-state index < -0.39 is 17.5 Å². The van der Waals surface area contributed by atoms with E-state index >= 15 is 0 Å². The Morgan fingerprint density at radius 3 is 2.81 bits per heavy atom. The van der Waals surface area contributed by atoms with Crippen LogP contribution in [0.1, 0.15) is 31.2 Å². The molecule has 1 aliphatic heterocycles. The fourth-order valence-electron chi connectivity index (χ4n) is 4.12. The Bertz CT molecular complexity index is 868. The average molecular weight is 375 g/mol. The third-order valence-electron chi connectivity index (χ3n) is 5.85. The number of halogens is 1. The summed E-state index contributed by atoms with van der Waals surface area (Å²) in [7, 11) is 0. The van der Waals surface area contributed by atoms with Crippen molar-refractivity contribution in [2.24, 2.45) is 11.3 Å². The molecule has 0 bridgehead atoms. The van der Waals surface area contributed by atoms with Gasteiger partial charge in [-0.25, -0.2) is 4.98 Å². The number of aliphatic hydroxyl groups excluding tert-OH is 1. The molecule has 2 aromatic rings. The van der Waals surface area contributed by atoms with Crippen LogP contribution in [-0.4, -0.2) is 40.4 Å². The Morgan fingerprint density at radius 1 is 1.35 bits per heavy atom. The SMILES string of the molecule is Cc1cc(N2CC[C@H](O)[C@@](CC3CC3)(C(=O)O)C2)nc2ccc(Cl)cc12. The van der Waals surface area contributed by atoms with Crippen LogP contribution in [0.25, 0.3) is 10.9 Å². The van der Waals surface area contributed by atoms with Crippen LogP contribution in [-0.2, 0) is 4.79 Å². The second-order valence-electron chi connectivity index (χ2n) is 7.79. The molecule has 1 aromatic heterocycles. The quantitative estimate of drug-likeness (QED) is 0.854. The molecule has 2 atom stereocenters. The number of piperidine rings is 1. The highest BCUT2D eigenvalue weighted by Gasteiger charge is 2.52. The number of aliphatic hydroxyl groups is 1. The number of carboxylic acids is 1. The molecule has 0 amide bonds. The number of aryl methyl sites for hydroxylation is 1. The van der Waals surface area contributed by atoms with E-state index in [-0.39, 0.29) is 0 Å². The first-order chi connectivity index (χ1) is 12.4. The van der Waals surface area contributed by atoms with E-state index in [1.165, 1.54) is 0 Å². The summed E-state index contributed by atoms with van der Waals surface area (Å²) >= 11 is 6.09. The van der Waals surface area contributed by atoms with Gasteiger partial charge in [0.25, 0.3) is 0 Å². The summed E-state index contributed by atoms with van der Waals surface area (Å²) in [5, 5.41) is 22.2. The van der Waals surface area contributed by atoms with Crippen molar-refractivity contribution in [3.05, 3.63) is 34.9 Å². The van der Waals surface area contributed by atoms with E-state index in [1.54, 1.807) is 0 Å². The Labute approximate surface area is 157 Å². The Morgan fingerprint density at radius 2 is 2.12 bits per heavy atom. The van der Waals surface area contributed by atoms with Gasteiger partial charge in [-0.2, -0.15) is 0 Å². The van der Waals surface area contributed by atoms with Gasteiger partial charge in [0.2, 0.25) is 0 Å². The Hall–Kier alpha value is -1.85. The van der Waals surface area contributed by atoms with Crippen LogP contribution in [0, 0.1) is 18.3 Å². The van der Waals surface area contributed by atoms with Gasteiger partial charge in [0, 0.05) is 23.5 Å². The molecule has 1 aromatic carbocycles. The first-order valence-corrected chi connectivity index (χ1v) is 9.50. The number of aliphatic carboxylic acids is 1. The van der Waals surface area contributed by atoms with Gasteiger partial charge in [-0.1, -0.05) is 24.4 Å². The van der Waals surface area contributed by atoms with Crippen molar-refractivity contribution in [3.8, 4) is 0 Å². The molecule has 0 spiro atoms. The summed E-state index contributed by atoms with van der Waals surface area (Å²) in [5.41, 5.74) is 0.796. The van der Waals surface area contributed by atoms with Gasteiger partial charge in [0.1, 0.15) is 11.2 Å². The molecule has 0 unspecified atom stereocenters. The molecule has 6 heteroatoms. The van der Waals surface area contributed by atoms with Gasteiger partial charge >= 0.3 is 5.97 Å². The highest BCUT2D eigenvalue weighted by Crippen LogP contribution is 2.45. The molecule has 0 radical (unpaired) electrons. The van der Waals surface area contributed by atoms with E-state index in [0.717, 1.165) is 35.1 Å². The number of fused-ring (bicyclic) bond motifs is 1. The van der Waals surface area contributed by atoms with Crippen molar-refractivity contribution in [2.45, 2.75) is 38.7 Å².